The Balaban J connectivity index is 1.52. The molecule has 6 nitrogen and oxygen atoms in total. The maximum atomic E-state index is 12.6. The molecular formula is C23H23ClN2O4S. The normalized spacial score (nSPS) is 12.2. The van der Waals surface area contributed by atoms with Gasteiger partial charge < -0.3 is 10.1 Å². The highest BCUT2D eigenvalue weighted by Crippen LogP contribution is 2.19. The van der Waals surface area contributed by atoms with Crippen LogP contribution in [0.4, 0.5) is 0 Å². The fourth-order valence-electron chi connectivity index (χ4n) is 2.86. The number of rotatable bonds is 9. The van der Waals surface area contributed by atoms with E-state index in [2.05, 4.69) is 10.0 Å². The van der Waals surface area contributed by atoms with Crippen LogP contribution in [-0.4, -0.2) is 20.9 Å². The van der Waals surface area contributed by atoms with Crippen molar-refractivity contribution in [3.63, 3.8) is 0 Å². The van der Waals surface area contributed by atoms with Crippen LogP contribution in [-0.2, 0) is 21.4 Å². The van der Waals surface area contributed by atoms with Crippen molar-refractivity contribution >= 4 is 27.5 Å². The summed E-state index contributed by atoms with van der Waals surface area (Å²) in [4.78, 5) is 12.1. The monoisotopic (exact) mass is 458 g/mol. The minimum Gasteiger partial charge on any atom is -0.484 e. The average molecular weight is 459 g/mol. The number of hydrogen-bond donors (Lipinski definition) is 2. The van der Waals surface area contributed by atoms with Gasteiger partial charge in [-0.25, -0.2) is 13.1 Å². The van der Waals surface area contributed by atoms with Gasteiger partial charge in [-0.05, 0) is 48.4 Å². The SMILES string of the molecule is C[C@H](NS(=O)(=O)c1ccc(OCC(=O)NCc2ccccc2Cl)cc1)c1ccccc1. The van der Waals surface area contributed by atoms with Crippen LogP contribution in [0, 0.1) is 0 Å². The molecule has 0 spiro atoms. The van der Waals surface area contributed by atoms with Crippen LogP contribution >= 0.6 is 11.6 Å². The van der Waals surface area contributed by atoms with E-state index in [1.165, 1.54) is 24.3 Å². The summed E-state index contributed by atoms with van der Waals surface area (Å²) >= 11 is 6.06. The molecule has 0 saturated heterocycles. The fourth-order valence-corrected chi connectivity index (χ4v) is 4.30. The van der Waals surface area contributed by atoms with Gasteiger partial charge in [0.2, 0.25) is 10.0 Å². The third kappa shape index (κ3) is 6.55. The average Bonchev–Trinajstić information content (AvgIpc) is 2.77. The van der Waals surface area contributed by atoms with E-state index in [0.29, 0.717) is 17.3 Å². The molecule has 8 heteroatoms. The van der Waals surface area contributed by atoms with Crippen molar-refractivity contribution in [3.05, 3.63) is 95.0 Å². The van der Waals surface area contributed by atoms with E-state index in [-0.39, 0.29) is 23.5 Å². The molecule has 0 fully saturated rings. The van der Waals surface area contributed by atoms with Crippen molar-refractivity contribution < 1.29 is 17.9 Å². The zero-order valence-electron chi connectivity index (χ0n) is 16.9. The van der Waals surface area contributed by atoms with Gasteiger partial charge in [0.05, 0.1) is 4.90 Å². The van der Waals surface area contributed by atoms with Crippen LogP contribution in [0.2, 0.25) is 5.02 Å². The molecule has 0 heterocycles. The Morgan fingerprint density at radius 1 is 0.968 bits per heavy atom. The number of ether oxygens (including phenoxy) is 1. The number of carbonyl (C=O) groups excluding carboxylic acids is 1. The second kappa shape index (κ2) is 10.4. The molecule has 0 aromatic heterocycles. The third-order valence-corrected chi connectivity index (χ3v) is 6.49. The summed E-state index contributed by atoms with van der Waals surface area (Å²) in [6.07, 6.45) is 0. The van der Waals surface area contributed by atoms with E-state index >= 15 is 0 Å². The van der Waals surface area contributed by atoms with Gasteiger partial charge in [-0.3, -0.25) is 4.79 Å². The zero-order valence-corrected chi connectivity index (χ0v) is 18.5. The third-order valence-electron chi connectivity index (χ3n) is 4.57. The summed E-state index contributed by atoms with van der Waals surface area (Å²) < 4.78 is 33.3. The van der Waals surface area contributed by atoms with Crippen LogP contribution in [0.25, 0.3) is 0 Å². The molecule has 0 aliphatic carbocycles. The van der Waals surface area contributed by atoms with E-state index in [1.54, 1.807) is 13.0 Å². The summed E-state index contributed by atoms with van der Waals surface area (Å²) in [6.45, 7) is 1.88. The van der Waals surface area contributed by atoms with E-state index < -0.39 is 10.0 Å². The second-order valence-electron chi connectivity index (χ2n) is 6.88. The smallest absolute Gasteiger partial charge is 0.258 e. The number of carbonyl (C=O) groups is 1. The largest absolute Gasteiger partial charge is 0.484 e. The van der Waals surface area contributed by atoms with E-state index in [1.807, 2.05) is 48.5 Å². The van der Waals surface area contributed by atoms with Crippen LogP contribution in [0.1, 0.15) is 24.1 Å². The Hall–Kier alpha value is -2.87. The Bertz CT molecular complexity index is 1120. The molecule has 3 rings (SSSR count). The first kappa shape index (κ1) is 22.8. The van der Waals surface area contributed by atoms with E-state index in [0.717, 1.165) is 11.1 Å². The Morgan fingerprint density at radius 3 is 2.29 bits per heavy atom. The molecule has 0 radical (unpaired) electrons. The molecule has 31 heavy (non-hydrogen) atoms. The van der Waals surface area contributed by atoms with Crippen molar-refractivity contribution in [2.45, 2.75) is 24.4 Å². The zero-order chi connectivity index (χ0) is 22.3. The van der Waals surface area contributed by atoms with Crippen molar-refractivity contribution in [1.82, 2.24) is 10.0 Å². The Kier molecular flexibility index (Phi) is 7.68. The number of sulfonamides is 1. The first-order valence-corrected chi connectivity index (χ1v) is 11.5. The lowest BCUT2D eigenvalue weighted by atomic mass is 10.1. The number of benzene rings is 3. The van der Waals surface area contributed by atoms with Crippen molar-refractivity contribution in [2.75, 3.05) is 6.61 Å². The molecule has 3 aromatic carbocycles. The first-order chi connectivity index (χ1) is 14.8. The quantitative estimate of drug-likeness (QED) is 0.506. The molecule has 0 unspecified atom stereocenters. The van der Waals surface area contributed by atoms with Gasteiger partial charge in [0.15, 0.2) is 6.61 Å². The Labute approximate surface area is 187 Å². The van der Waals surface area contributed by atoms with Gasteiger partial charge in [0, 0.05) is 17.6 Å². The minimum atomic E-state index is -3.70. The predicted octanol–water partition coefficient (Wildman–Crippen LogP) is 4.07. The summed E-state index contributed by atoms with van der Waals surface area (Å²) in [5, 5.41) is 3.31. The van der Waals surface area contributed by atoms with Gasteiger partial charge >= 0.3 is 0 Å². The summed E-state index contributed by atoms with van der Waals surface area (Å²) in [7, 11) is -3.70. The topological polar surface area (TPSA) is 84.5 Å². The summed E-state index contributed by atoms with van der Waals surface area (Å²) in [6, 6.07) is 22.1. The van der Waals surface area contributed by atoms with Gasteiger partial charge in [-0.2, -0.15) is 0 Å². The van der Waals surface area contributed by atoms with Crippen LogP contribution in [0.3, 0.4) is 0 Å². The van der Waals surface area contributed by atoms with Gasteiger partial charge in [-0.15, -0.1) is 0 Å². The fraction of sp³-hybridized carbons (Fsp3) is 0.174. The van der Waals surface area contributed by atoms with Crippen LogP contribution in [0.5, 0.6) is 5.75 Å². The van der Waals surface area contributed by atoms with Crippen molar-refractivity contribution in [3.8, 4) is 5.75 Å². The lowest BCUT2D eigenvalue weighted by molar-refractivity contribution is -0.123. The number of amides is 1. The Morgan fingerprint density at radius 2 is 1.61 bits per heavy atom. The molecule has 0 saturated carbocycles. The highest BCUT2D eigenvalue weighted by atomic mass is 35.5. The van der Waals surface area contributed by atoms with Crippen LogP contribution in [0.15, 0.2) is 83.8 Å². The number of halogens is 1. The van der Waals surface area contributed by atoms with Gasteiger partial charge in [0.25, 0.3) is 5.91 Å². The predicted molar refractivity (Wildman–Crippen MR) is 120 cm³/mol. The number of hydrogen-bond acceptors (Lipinski definition) is 4. The molecule has 0 aliphatic rings. The maximum Gasteiger partial charge on any atom is 0.258 e. The molecule has 162 valence electrons. The van der Waals surface area contributed by atoms with Crippen molar-refractivity contribution in [1.29, 1.82) is 0 Å². The van der Waals surface area contributed by atoms with Crippen LogP contribution < -0.4 is 14.8 Å². The molecule has 0 bridgehead atoms. The summed E-state index contributed by atoms with van der Waals surface area (Å²) in [5.74, 6) is 0.0814. The highest BCUT2D eigenvalue weighted by molar-refractivity contribution is 7.89. The lowest BCUT2D eigenvalue weighted by Gasteiger charge is -2.15. The summed E-state index contributed by atoms with van der Waals surface area (Å²) in [5.41, 5.74) is 1.68. The molecular weight excluding hydrogens is 436 g/mol. The van der Waals surface area contributed by atoms with Gasteiger partial charge in [-0.1, -0.05) is 60.1 Å². The van der Waals surface area contributed by atoms with E-state index in [9.17, 15) is 13.2 Å². The molecule has 3 aromatic rings. The first-order valence-electron chi connectivity index (χ1n) is 9.65. The minimum absolute atomic E-state index is 0.116. The molecule has 1 atom stereocenters. The standard InChI is InChI=1S/C23H23ClN2O4S/c1-17(18-7-3-2-4-8-18)26-31(28,29)21-13-11-20(12-14-21)30-16-23(27)25-15-19-9-5-6-10-22(19)24/h2-14,17,26H,15-16H2,1H3,(H,25,27)/t17-/m0/s1. The number of nitrogens with one attached hydrogen (secondary N) is 2. The molecule has 0 aliphatic heterocycles. The van der Waals surface area contributed by atoms with E-state index in [4.69, 9.17) is 16.3 Å². The highest BCUT2D eigenvalue weighted by Gasteiger charge is 2.18. The second-order valence-corrected chi connectivity index (χ2v) is 9.00. The molecule has 1 amide bonds. The van der Waals surface area contributed by atoms with Gasteiger partial charge in [0.1, 0.15) is 5.75 Å². The molecule has 2 N–H and O–H groups in total. The lowest BCUT2D eigenvalue weighted by Crippen LogP contribution is -2.28. The van der Waals surface area contributed by atoms with Crippen molar-refractivity contribution in [2.24, 2.45) is 0 Å². The maximum absolute atomic E-state index is 12.6.